The topological polar surface area (TPSA) is 73.3 Å². The lowest BCUT2D eigenvalue weighted by Crippen LogP contribution is -2.24. The fourth-order valence-electron chi connectivity index (χ4n) is 3.27. The van der Waals surface area contributed by atoms with Gasteiger partial charge in [-0.2, -0.15) is 0 Å². The van der Waals surface area contributed by atoms with E-state index in [4.69, 9.17) is 21.1 Å². The Hall–Kier alpha value is -3.12. The van der Waals surface area contributed by atoms with Gasteiger partial charge in [-0.05, 0) is 48.2 Å². The lowest BCUT2D eigenvalue weighted by Gasteiger charge is -2.15. The van der Waals surface area contributed by atoms with Crippen molar-refractivity contribution in [2.24, 2.45) is 0 Å². The number of nitrogens with zero attached hydrogens (tertiary/aromatic N) is 2. The third-order valence-corrected chi connectivity index (χ3v) is 5.37. The number of fused-ring (bicyclic) bond motifs is 1. The minimum Gasteiger partial charge on any atom is -0.495 e. The highest BCUT2D eigenvalue weighted by molar-refractivity contribution is 6.33. The monoisotopic (exact) mass is 409 g/mol. The zero-order chi connectivity index (χ0) is 20.4. The zero-order valence-electron chi connectivity index (χ0n) is 16.2. The number of methoxy groups -OCH3 is 1. The Morgan fingerprint density at radius 3 is 2.86 bits per heavy atom. The second-order valence-corrected chi connectivity index (χ2v) is 7.18. The maximum atomic E-state index is 12.3. The van der Waals surface area contributed by atoms with Gasteiger partial charge in [0.2, 0.25) is 0 Å². The average molecular weight is 410 g/mol. The predicted octanol–water partition coefficient (Wildman–Crippen LogP) is 3.83. The first-order chi connectivity index (χ1) is 14.1. The van der Waals surface area contributed by atoms with Crippen LogP contribution in [0.3, 0.4) is 0 Å². The van der Waals surface area contributed by atoms with Crippen molar-refractivity contribution in [1.82, 2.24) is 15.3 Å². The van der Waals surface area contributed by atoms with Crippen molar-refractivity contribution < 1.29 is 14.3 Å². The second-order valence-electron chi connectivity index (χ2n) is 6.80. The molecule has 7 heteroatoms. The zero-order valence-corrected chi connectivity index (χ0v) is 16.9. The quantitative estimate of drug-likeness (QED) is 0.709. The number of pyridine rings is 2. The van der Waals surface area contributed by atoms with Gasteiger partial charge in [-0.1, -0.05) is 17.7 Å². The Bertz CT molecular complexity index is 1070. The summed E-state index contributed by atoms with van der Waals surface area (Å²) in [5, 5.41) is 3.31. The van der Waals surface area contributed by atoms with Gasteiger partial charge in [-0.3, -0.25) is 14.8 Å². The molecule has 1 aliphatic rings. The molecule has 1 N–H and O–H groups in total. The van der Waals surface area contributed by atoms with Crippen LogP contribution >= 0.6 is 11.6 Å². The summed E-state index contributed by atoms with van der Waals surface area (Å²) in [6.07, 6.45) is 5.84. The highest BCUT2D eigenvalue weighted by Gasteiger charge is 2.22. The third-order valence-electron chi connectivity index (χ3n) is 4.92. The van der Waals surface area contributed by atoms with E-state index in [1.807, 2.05) is 37.4 Å². The van der Waals surface area contributed by atoms with Crippen LogP contribution in [0.1, 0.15) is 27.0 Å². The first kappa shape index (κ1) is 19.2. The van der Waals surface area contributed by atoms with Crippen LogP contribution in [0.25, 0.3) is 11.3 Å². The molecular weight excluding hydrogens is 390 g/mol. The van der Waals surface area contributed by atoms with Gasteiger partial charge < -0.3 is 14.8 Å². The number of carbonyl (C=O) groups is 1. The molecule has 2 aromatic heterocycles. The van der Waals surface area contributed by atoms with E-state index in [0.717, 1.165) is 27.9 Å². The molecule has 148 valence electrons. The third kappa shape index (κ3) is 3.89. The van der Waals surface area contributed by atoms with Gasteiger partial charge in [0.15, 0.2) is 5.75 Å². The average Bonchev–Trinajstić information content (AvgIpc) is 2.94. The number of halogens is 1. The van der Waals surface area contributed by atoms with Crippen LogP contribution in [0.5, 0.6) is 11.5 Å². The fourth-order valence-corrected chi connectivity index (χ4v) is 3.55. The van der Waals surface area contributed by atoms with Crippen LogP contribution in [0.15, 0.2) is 42.9 Å². The Morgan fingerprint density at radius 1 is 1.24 bits per heavy atom. The minimum absolute atomic E-state index is 0.167. The molecule has 0 spiro atoms. The molecule has 1 aromatic carbocycles. The molecule has 0 radical (unpaired) electrons. The SMILES string of the molecule is COc1cncc(-c2ccc(Cc3cc4c(c(Cl)c3C)OCCNC4=O)cn2)c1. The Balaban J connectivity index is 1.63. The lowest BCUT2D eigenvalue weighted by atomic mass is 9.97. The molecule has 0 saturated carbocycles. The van der Waals surface area contributed by atoms with E-state index in [-0.39, 0.29) is 5.91 Å². The van der Waals surface area contributed by atoms with Crippen molar-refractivity contribution >= 4 is 17.5 Å². The first-order valence-electron chi connectivity index (χ1n) is 9.24. The summed E-state index contributed by atoms with van der Waals surface area (Å²) < 4.78 is 10.9. The highest BCUT2D eigenvalue weighted by Crippen LogP contribution is 2.36. The second kappa shape index (κ2) is 8.09. The molecule has 1 aliphatic heterocycles. The van der Waals surface area contributed by atoms with Crippen molar-refractivity contribution in [3.8, 4) is 22.8 Å². The molecule has 0 aliphatic carbocycles. The number of ether oxygens (including phenoxy) is 2. The van der Waals surface area contributed by atoms with Crippen molar-refractivity contribution in [2.45, 2.75) is 13.3 Å². The maximum Gasteiger partial charge on any atom is 0.255 e. The highest BCUT2D eigenvalue weighted by atomic mass is 35.5. The van der Waals surface area contributed by atoms with Gasteiger partial charge in [-0.15, -0.1) is 0 Å². The number of benzene rings is 1. The van der Waals surface area contributed by atoms with Crippen LogP contribution in [0.4, 0.5) is 0 Å². The summed E-state index contributed by atoms with van der Waals surface area (Å²) >= 11 is 6.51. The molecule has 0 saturated heterocycles. The molecule has 0 unspecified atom stereocenters. The van der Waals surface area contributed by atoms with Crippen molar-refractivity contribution in [2.75, 3.05) is 20.3 Å². The number of carbonyl (C=O) groups excluding carboxylic acids is 1. The first-order valence-corrected chi connectivity index (χ1v) is 9.62. The van der Waals surface area contributed by atoms with E-state index >= 15 is 0 Å². The largest absolute Gasteiger partial charge is 0.495 e. The molecule has 4 rings (SSSR count). The van der Waals surface area contributed by atoms with E-state index in [9.17, 15) is 4.79 Å². The lowest BCUT2D eigenvalue weighted by molar-refractivity contribution is 0.0957. The Morgan fingerprint density at radius 2 is 2.10 bits per heavy atom. The number of amides is 1. The molecular formula is C22H20ClN3O3. The maximum absolute atomic E-state index is 12.3. The Labute approximate surface area is 173 Å². The van der Waals surface area contributed by atoms with Crippen molar-refractivity contribution in [3.63, 3.8) is 0 Å². The van der Waals surface area contributed by atoms with Gasteiger partial charge in [0, 0.05) is 18.0 Å². The van der Waals surface area contributed by atoms with E-state index in [1.165, 1.54) is 0 Å². The Kier molecular flexibility index (Phi) is 5.36. The minimum atomic E-state index is -0.167. The van der Waals surface area contributed by atoms with Crippen LogP contribution in [0, 0.1) is 6.92 Å². The van der Waals surface area contributed by atoms with Gasteiger partial charge in [0.1, 0.15) is 12.4 Å². The number of hydrogen-bond acceptors (Lipinski definition) is 5. The smallest absolute Gasteiger partial charge is 0.255 e. The molecule has 0 bridgehead atoms. The molecule has 1 amide bonds. The molecule has 29 heavy (non-hydrogen) atoms. The summed E-state index contributed by atoms with van der Waals surface area (Å²) in [5.74, 6) is 0.977. The molecule has 3 heterocycles. The summed E-state index contributed by atoms with van der Waals surface area (Å²) in [7, 11) is 1.61. The van der Waals surface area contributed by atoms with Crippen molar-refractivity contribution in [3.05, 3.63) is 70.1 Å². The summed E-state index contributed by atoms with van der Waals surface area (Å²) in [5.41, 5.74) is 5.05. The van der Waals surface area contributed by atoms with Gasteiger partial charge in [0.25, 0.3) is 5.91 Å². The van der Waals surface area contributed by atoms with E-state index in [1.54, 1.807) is 19.5 Å². The normalized spacial score (nSPS) is 13.1. The predicted molar refractivity (Wildman–Crippen MR) is 111 cm³/mol. The molecule has 0 fully saturated rings. The van der Waals surface area contributed by atoms with Crippen molar-refractivity contribution in [1.29, 1.82) is 0 Å². The van der Waals surface area contributed by atoms with Gasteiger partial charge in [0.05, 0.1) is 36.1 Å². The van der Waals surface area contributed by atoms with E-state index in [0.29, 0.717) is 41.7 Å². The van der Waals surface area contributed by atoms with E-state index < -0.39 is 0 Å². The number of nitrogens with one attached hydrogen (secondary N) is 1. The molecule has 0 atom stereocenters. The van der Waals surface area contributed by atoms with Crippen LogP contribution in [-0.2, 0) is 6.42 Å². The number of hydrogen-bond donors (Lipinski definition) is 1. The van der Waals surface area contributed by atoms with Gasteiger partial charge in [-0.25, -0.2) is 0 Å². The summed E-state index contributed by atoms with van der Waals surface area (Å²) in [6.45, 7) is 2.80. The van der Waals surface area contributed by atoms with E-state index in [2.05, 4.69) is 15.3 Å². The molecule has 6 nitrogen and oxygen atoms in total. The standard InChI is InChI=1S/C22H20ClN3O3/c1-13-15(9-18-21(20(13)23)29-6-5-25-22(18)27)7-14-3-4-19(26-10-14)16-8-17(28-2)12-24-11-16/h3-4,8-12H,5-7H2,1-2H3,(H,25,27). The van der Waals surface area contributed by atoms with Crippen LogP contribution in [0.2, 0.25) is 5.02 Å². The summed E-state index contributed by atoms with van der Waals surface area (Å²) in [6, 6.07) is 7.71. The fraction of sp³-hybridized carbons (Fsp3) is 0.227. The van der Waals surface area contributed by atoms with Crippen LogP contribution < -0.4 is 14.8 Å². The number of aromatic nitrogens is 2. The summed E-state index contributed by atoms with van der Waals surface area (Å²) in [4.78, 5) is 21.1. The van der Waals surface area contributed by atoms with Crippen LogP contribution in [-0.4, -0.2) is 36.1 Å². The molecule has 3 aromatic rings. The number of rotatable bonds is 4. The van der Waals surface area contributed by atoms with Gasteiger partial charge >= 0.3 is 0 Å².